The van der Waals surface area contributed by atoms with Gasteiger partial charge in [0.05, 0.1) is 18.6 Å². The minimum Gasteiger partial charge on any atom is -0.481 e. The molecule has 0 saturated carbocycles. The smallest absolute Gasteiger partial charge is 0.325 e. The highest BCUT2D eigenvalue weighted by Gasteiger charge is 2.26. The summed E-state index contributed by atoms with van der Waals surface area (Å²) in [6.45, 7) is 0.345. The Labute approximate surface area is 137 Å². The number of ether oxygens (including phenoxy) is 1. The maximum Gasteiger partial charge on any atom is 0.325 e. The fourth-order valence-corrected chi connectivity index (χ4v) is 5.20. The van der Waals surface area contributed by atoms with Gasteiger partial charge in [0.2, 0.25) is 5.88 Å². The van der Waals surface area contributed by atoms with Crippen LogP contribution in [-0.2, 0) is 16.4 Å². The van der Waals surface area contributed by atoms with E-state index in [1.807, 2.05) is 0 Å². The molecule has 0 N–H and O–H groups in total. The van der Waals surface area contributed by atoms with Crippen LogP contribution in [0.2, 0.25) is 0 Å². The Hall–Kier alpha value is -1.74. The SMILES string of the molecule is COc1ccc(-c2nn(CC3CCCS(=O)(=O)C3)c(=O)s2)cn1. The van der Waals surface area contributed by atoms with Crippen LogP contribution in [0.3, 0.4) is 0 Å². The van der Waals surface area contributed by atoms with E-state index in [9.17, 15) is 13.2 Å². The van der Waals surface area contributed by atoms with E-state index in [0.29, 0.717) is 23.9 Å². The first-order valence-corrected chi connectivity index (χ1v) is 9.89. The molecular formula is C14H17N3O4S2. The topological polar surface area (TPSA) is 91.2 Å². The van der Waals surface area contributed by atoms with Gasteiger partial charge in [0.25, 0.3) is 0 Å². The lowest BCUT2D eigenvalue weighted by Crippen LogP contribution is -2.30. The molecule has 3 rings (SSSR count). The standard InChI is InChI=1S/C14H17N3O4S2/c1-21-12-5-4-11(7-15-12)13-16-17(14(18)22-13)8-10-3-2-6-23(19,20)9-10/h4-5,7,10H,2-3,6,8-9H2,1H3. The van der Waals surface area contributed by atoms with Crippen molar-refractivity contribution in [3.63, 3.8) is 0 Å². The zero-order valence-corrected chi connectivity index (χ0v) is 14.3. The third-order valence-corrected chi connectivity index (χ3v) is 6.57. The van der Waals surface area contributed by atoms with Crippen molar-refractivity contribution >= 4 is 21.2 Å². The Morgan fingerprint density at radius 1 is 1.43 bits per heavy atom. The third kappa shape index (κ3) is 3.78. The van der Waals surface area contributed by atoms with Crippen LogP contribution in [0, 0.1) is 5.92 Å². The monoisotopic (exact) mass is 355 g/mol. The fourth-order valence-electron chi connectivity index (χ4n) is 2.67. The van der Waals surface area contributed by atoms with E-state index < -0.39 is 9.84 Å². The van der Waals surface area contributed by atoms with Crippen LogP contribution < -0.4 is 9.61 Å². The van der Waals surface area contributed by atoms with Crippen molar-refractivity contribution in [3.05, 3.63) is 28.0 Å². The first-order chi connectivity index (χ1) is 11.0. The molecule has 0 spiro atoms. The van der Waals surface area contributed by atoms with E-state index in [1.54, 1.807) is 18.3 Å². The van der Waals surface area contributed by atoms with Crippen LogP contribution >= 0.6 is 11.3 Å². The maximum absolute atomic E-state index is 12.1. The molecule has 1 atom stereocenters. The number of hydrogen-bond donors (Lipinski definition) is 0. The van der Waals surface area contributed by atoms with Gasteiger partial charge < -0.3 is 4.74 Å². The summed E-state index contributed by atoms with van der Waals surface area (Å²) < 4.78 is 29.8. The Balaban J connectivity index is 1.79. The second kappa shape index (κ2) is 6.40. The van der Waals surface area contributed by atoms with Gasteiger partial charge >= 0.3 is 4.87 Å². The molecule has 124 valence electrons. The van der Waals surface area contributed by atoms with Gasteiger partial charge in [0, 0.05) is 24.4 Å². The average Bonchev–Trinajstić information content (AvgIpc) is 2.87. The molecule has 1 unspecified atom stereocenters. The Bertz CT molecular complexity index is 840. The summed E-state index contributed by atoms with van der Waals surface area (Å²) in [5.41, 5.74) is 0.739. The summed E-state index contributed by atoms with van der Waals surface area (Å²) in [7, 11) is -1.45. The zero-order valence-electron chi connectivity index (χ0n) is 12.6. The number of hydrogen-bond acceptors (Lipinski definition) is 7. The summed E-state index contributed by atoms with van der Waals surface area (Å²) in [5.74, 6) is 0.831. The number of pyridine rings is 1. The van der Waals surface area contributed by atoms with Gasteiger partial charge in [-0.25, -0.2) is 18.1 Å². The second-order valence-electron chi connectivity index (χ2n) is 5.57. The number of sulfone groups is 1. The van der Waals surface area contributed by atoms with Crippen LogP contribution in [0.25, 0.3) is 10.6 Å². The van der Waals surface area contributed by atoms with Crippen molar-refractivity contribution in [1.82, 2.24) is 14.8 Å². The zero-order chi connectivity index (χ0) is 16.4. The molecule has 2 aromatic heterocycles. The predicted molar refractivity (Wildman–Crippen MR) is 87.5 cm³/mol. The van der Waals surface area contributed by atoms with Gasteiger partial charge in [-0.3, -0.25) is 4.79 Å². The van der Waals surface area contributed by atoms with Gasteiger partial charge in [0.1, 0.15) is 0 Å². The molecule has 1 saturated heterocycles. The first-order valence-electron chi connectivity index (χ1n) is 7.25. The van der Waals surface area contributed by atoms with Crippen molar-refractivity contribution in [2.45, 2.75) is 19.4 Å². The molecule has 9 heteroatoms. The van der Waals surface area contributed by atoms with Crippen molar-refractivity contribution in [2.75, 3.05) is 18.6 Å². The molecule has 1 fully saturated rings. The number of nitrogens with zero attached hydrogens (tertiary/aromatic N) is 3. The highest BCUT2D eigenvalue weighted by molar-refractivity contribution is 7.91. The van der Waals surface area contributed by atoms with Gasteiger partial charge in [0.15, 0.2) is 14.8 Å². The molecular weight excluding hydrogens is 338 g/mol. The molecule has 23 heavy (non-hydrogen) atoms. The highest BCUT2D eigenvalue weighted by atomic mass is 32.2. The van der Waals surface area contributed by atoms with Gasteiger partial charge in [-0.2, -0.15) is 5.10 Å². The minimum absolute atomic E-state index is 0.0459. The van der Waals surface area contributed by atoms with Crippen molar-refractivity contribution < 1.29 is 13.2 Å². The highest BCUT2D eigenvalue weighted by Crippen LogP contribution is 2.22. The summed E-state index contributed by atoms with van der Waals surface area (Å²) in [6.07, 6.45) is 3.07. The number of rotatable bonds is 4. The maximum atomic E-state index is 12.1. The molecule has 0 amide bonds. The summed E-state index contributed by atoms with van der Waals surface area (Å²) in [4.78, 5) is 16.0. The van der Waals surface area contributed by atoms with Crippen LogP contribution in [-0.4, -0.2) is 41.8 Å². The normalized spacial score (nSPS) is 20.3. The van der Waals surface area contributed by atoms with Gasteiger partial charge in [-0.05, 0) is 24.8 Å². The van der Waals surface area contributed by atoms with Gasteiger partial charge in [-0.15, -0.1) is 0 Å². The van der Waals surface area contributed by atoms with Crippen LogP contribution in [0.5, 0.6) is 5.88 Å². The molecule has 0 aliphatic carbocycles. The Morgan fingerprint density at radius 3 is 2.91 bits per heavy atom. The lowest BCUT2D eigenvalue weighted by molar-refractivity contribution is 0.398. The lowest BCUT2D eigenvalue weighted by atomic mass is 10.1. The van der Waals surface area contributed by atoms with Crippen LogP contribution in [0.4, 0.5) is 0 Å². The van der Waals surface area contributed by atoms with Gasteiger partial charge in [-0.1, -0.05) is 11.3 Å². The number of aromatic nitrogens is 3. The largest absolute Gasteiger partial charge is 0.481 e. The van der Waals surface area contributed by atoms with E-state index >= 15 is 0 Å². The third-order valence-electron chi connectivity index (χ3n) is 3.79. The molecule has 0 aromatic carbocycles. The summed E-state index contributed by atoms with van der Waals surface area (Å²) in [5, 5.41) is 4.90. The predicted octanol–water partition coefficient (Wildman–Crippen LogP) is 1.20. The van der Waals surface area contributed by atoms with E-state index in [0.717, 1.165) is 23.3 Å². The molecule has 0 bridgehead atoms. The van der Waals surface area contributed by atoms with E-state index in [-0.39, 0.29) is 22.3 Å². The Kier molecular flexibility index (Phi) is 4.49. The first kappa shape index (κ1) is 16.1. The van der Waals surface area contributed by atoms with Crippen LogP contribution in [0.15, 0.2) is 23.1 Å². The van der Waals surface area contributed by atoms with E-state index in [1.165, 1.54) is 11.8 Å². The summed E-state index contributed by atoms with van der Waals surface area (Å²) in [6, 6.07) is 3.50. The molecule has 3 heterocycles. The minimum atomic E-state index is -2.98. The van der Waals surface area contributed by atoms with Crippen molar-refractivity contribution in [2.24, 2.45) is 5.92 Å². The van der Waals surface area contributed by atoms with Crippen molar-refractivity contribution in [1.29, 1.82) is 0 Å². The molecule has 7 nitrogen and oxygen atoms in total. The molecule has 1 aliphatic rings. The summed E-state index contributed by atoms with van der Waals surface area (Å²) >= 11 is 1.04. The average molecular weight is 355 g/mol. The molecule has 1 aliphatic heterocycles. The lowest BCUT2D eigenvalue weighted by Gasteiger charge is -2.21. The van der Waals surface area contributed by atoms with E-state index in [4.69, 9.17) is 4.74 Å². The quantitative estimate of drug-likeness (QED) is 0.818. The second-order valence-corrected chi connectivity index (χ2v) is 8.74. The molecule has 2 aromatic rings. The number of methoxy groups -OCH3 is 1. The fraction of sp³-hybridized carbons (Fsp3) is 0.500. The Morgan fingerprint density at radius 2 is 2.26 bits per heavy atom. The molecule has 0 radical (unpaired) electrons. The van der Waals surface area contributed by atoms with Crippen LogP contribution in [0.1, 0.15) is 12.8 Å². The van der Waals surface area contributed by atoms with Crippen molar-refractivity contribution in [3.8, 4) is 16.5 Å². The van der Waals surface area contributed by atoms with E-state index in [2.05, 4.69) is 10.1 Å².